The molecular formula is C23H24N4O4S. The SMILES string of the molecule is N#Cc1ccccc1S(=O)(=O)N1CCN(C(=O)c2ccc(N3CCCCC3=O)cc2)CC1. The lowest BCUT2D eigenvalue weighted by molar-refractivity contribution is -0.119. The maximum Gasteiger partial charge on any atom is 0.253 e. The highest BCUT2D eigenvalue weighted by atomic mass is 32.2. The number of carbonyl (C=O) groups excluding carboxylic acids is 2. The number of piperazine rings is 1. The number of hydrogen-bond acceptors (Lipinski definition) is 5. The molecule has 0 radical (unpaired) electrons. The minimum Gasteiger partial charge on any atom is -0.336 e. The van der Waals surface area contributed by atoms with E-state index in [4.69, 9.17) is 0 Å². The van der Waals surface area contributed by atoms with E-state index in [2.05, 4.69) is 0 Å². The van der Waals surface area contributed by atoms with Crippen LogP contribution in [0.15, 0.2) is 53.4 Å². The molecule has 0 saturated carbocycles. The van der Waals surface area contributed by atoms with E-state index in [1.807, 2.05) is 6.07 Å². The number of hydrogen-bond donors (Lipinski definition) is 0. The Labute approximate surface area is 187 Å². The predicted molar refractivity (Wildman–Crippen MR) is 118 cm³/mol. The third-order valence-electron chi connectivity index (χ3n) is 5.90. The maximum absolute atomic E-state index is 13.0. The molecule has 0 unspecified atom stereocenters. The molecule has 2 heterocycles. The molecule has 2 aliphatic heterocycles. The Morgan fingerprint density at radius 3 is 2.25 bits per heavy atom. The molecule has 2 aromatic carbocycles. The van der Waals surface area contributed by atoms with Crippen molar-refractivity contribution in [1.82, 2.24) is 9.21 Å². The summed E-state index contributed by atoms with van der Waals surface area (Å²) in [5, 5.41) is 9.23. The van der Waals surface area contributed by atoms with Crippen LogP contribution in [0.1, 0.15) is 35.2 Å². The van der Waals surface area contributed by atoms with Gasteiger partial charge < -0.3 is 9.80 Å². The normalized spacial score (nSPS) is 17.8. The van der Waals surface area contributed by atoms with Crippen LogP contribution in [0.25, 0.3) is 0 Å². The van der Waals surface area contributed by atoms with Crippen molar-refractivity contribution in [2.75, 3.05) is 37.6 Å². The largest absolute Gasteiger partial charge is 0.336 e. The first kappa shape index (κ1) is 22.0. The molecule has 0 atom stereocenters. The molecule has 0 aliphatic carbocycles. The first-order valence-electron chi connectivity index (χ1n) is 10.6. The fourth-order valence-electron chi connectivity index (χ4n) is 4.10. The highest BCUT2D eigenvalue weighted by Crippen LogP contribution is 2.24. The van der Waals surface area contributed by atoms with Crippen molar-refractivity contribution in [2.24, 2.45) is 0 Å². The Balaban J connectivity index is 1.41. The number of amides is 2. The third kappa shape index (κ3) is 4.24. The average Bonchev–Trinajstić information content (AvgIpc) is 2.84. The molecule has 8 nitrogen and oxygen atoms in total. The minimum absolute atomic E-state index is 0.00914. The van der Waals surface area contributed by atoms with Gasteiger partial charge in [-0.05, 0) is 49.2 Å². The van der Waals surface area contributed by atoms with Crippen LogP contribution >= 0.6 is 0 Å². The summed E-state index contributed by atoms with van der Waals surface area (Å²) in [6.07, 6.45) is 2.43. The Morgan fingerprint density at radius 1 is 0.906 bits per heavy atom. The molecule has 2 amide bonds. The van der Waals surface area contributed by atoms with Gasteiger partial charge in [0.15, 0.2) is 0 Å². The van der Waals surface area contributed by atoms with Gasteiger partial charge in [-0.25, -0.2) is 8.42 Å². The van der Waals surface area contributed by atoms with Gasteiger partial charge in [0, 0.05) is 50.4 Å². The van der Waals surface area contributed by atoms with Crippen LogP contribution < -0.4 is 4.90 Å². The van der Waals surface area contributed by atoms with E-state index in [-0.39, 0.29) is 48.5 Å². The van der Waals surface area contributed by atoms with E-state index in [1.54, 1.807) is 46.2 Å². The van der Waals surface area contributed by atoms with E-state index >= 15 is 0 Å². The Morgan fingerprint density at radius 2 is 1.59 bits per heavy atom. The fourth-order valence-corrected chi connectivity index (χ4v) is 5.66. The number of piperidine rings is 1. The molecule has 2 aliphatic rings. The molecule has 0 bridgehead atoms. The second-order valence-corrected chi connectivity index (χ2v) is 9.76. The molecule has 0 aromatic heterocycles. The van der Waals surface area contributed by atoms with Crippen molar-refractivity contribution in [3.63, 3.8) is 0 Å². The lowest BCUT2D eigenvalue weighted by Crippen LogP contribution is -2.50. The zero-order valence-electron chi connectivity index (χ0n) is 17.6. The third-order valence-corrected chi connectivity index (χ3v) is 7.86. The summed E-state index contributed by atoms with van der Waals surface area (Å²) in [5.41, 5.74) is 1.40. The Hall–Kier alpha value is -3.22. The topological polar surface area (TPSA) is 102 Å². The number of anilines is 1. The van der Waals surface area contributed by atoms with Gasteiger partial charge in [0.1, 0.15) is 6.07 Å². The molecule has 0 N–H and O–H groups in total. The van der Waals surface area contributed by atoms with Crippen LogP contribution in [-0.2, 0) is 14.8 Å². The van der Waals surface area contributed by atoms with E-state index < -0.39 is 10.0 Å². The van der Waals surface area contributed by atoms with Crippen LogP contribution in [-0.4, -0.2) is 62.2 Å². The summed E-state index contributed by atoms with van der Waals surface area (Å²) < 4.78 is 27.3. The quantitative estimate of drug-likeness (QED) is 0.708. The molecule has 0 spiro atoms. The molecule has 2 aromatic rings. The smallest absolute Gasteiger partial charge is 0.253 e. The van der Waals surface area contributed by atoms with Gasteiger partial charge in [-0.1, -0.05) is 12.1 Å². The Kier molecular flexibility index (Phi) is 6.26. The number of rotatable bonds is 4. The lowest BCUT2D eigenvalue weighted by atomic mass is 10.1. The van der Waals surface area contributed by atoms with Crippen LogP contribution in [0, 0.1) is 11.3 Å². The van der Waals surface area contributed by atoms with E-state index in [0.717, 1.165) is 18.5 Å². The molecule has 2 saturated heterocycles. The first-order valence-corrected chi connectivity index (χ1v) is 12.0. The lowest BCUT2D eigenvalue weighted by Gasteiger charge is -2.34. The monoisotopic (exact) mass is 452 g/mol. The number of nitrogens with zero attached hydrogens (tertiary/aromatic N) is 4. The second kappa shape index (κ2) is 9.10. The van der Waals surface area contributed by atoms with Gasteiger partial charge in [0.25, 0.3) is 5.91 Å². The van der Waals surface area contributed by atoms with Crippen LogP contribution in [0.5, 0.6) is 0 Å². The van der Waals surface area contributed by atoms with Crippen molar-refractivity contribution in [3.8, 4) is 6.07 Å². The maximum atomic E-state index is 13.0. The molecule has 2 fully saturated rings. The average molecular weight is 453 g/mol. The van der Waals surface area contributed by atoms with Crippen molar-refractivity contribution >= 4 is 27.5 Å². The van der Waals surface area contributed by atoms with E-state index in [1.165, 1.54) is 16.4 Å². The fraction of sp³-hybridized carbons (Fsp3) is 0.348. The summed E-state index contributed by atoms with van der Waals surface area (Å²) in [4.78, 5) is 28.4. The van der Waals surface area contributed by atoms with Crippen molar-refractivity contribution < 1.29 is 18.0 Å². The molecular weight excluding hydrogens is 428 g/mol. The molecule has 9 heteroatoms. The Bertz CT molecular complexity index is 1160. The molecule has 166 valence electrons. The summed E-state index contributed by atoms with van der Waals surface area (Å²) in [7, 11) is -3.81. The van der Waals surface area contributed by atoms with Gasteiger partial charge in [-0.2, -0.15) is 9.57 Å². The van der Waals surface area contributed by atoms with Gasteiger partial charge in [-0.15, -0.1) is 0 Å². The van der Waals surface area contributed by atoms with Gasteiger partial charge in [-0.3, -0.25) is 9.59 Å². The predicted octanol–water partition coefficient (Wildman–Crippen LogP) is 2.22. The summed E-state index contributed by atoms with van der Waals surface area (Å²) >= 11 is 0. The van der Waals surface area contributed by atoms with Gasteiger partial charge in [0.05, 0.1) is 10.5 Å². The zero-order chi connectivity index (χ0) is 22.7. The van der Waals surface area contributed by atoms with Crippen LogP contribution in [0.4, 0.5) is 5.69 Å². The van der Waals surface area contributed by atoms with Crippen molar-refractivity contribution in [1.29, 1.82) is 5.26 Å². The summed E-state index contributed by atoms with van der Waals surface area (Å²) in [5.74, 6) is -0.0679. The zero-order valence-corrected chi connectivity index (χ0v) is 18.4. The number of carbonyl (C=O) groups is 2. The van der Waals surface area contributed by atoms with Crippen molar-refractivity contribution in [3.05, 3.63) is 59.7 Å². The molecule has 4 rings (SSSR count). The van der Waals surface area contributed by atoms with Gasteiger partial charge in [0.2, 0.25) is 15.9 Å². The summed E-state index contributed by atoms with van der Waals surface area (Å²) in [6.45, 7) is 1.54. The standard InChI is InChI=1S/C23H24N4O4S/c24-17-19-5-1-2-6-21(19)32(30,31)26-15-13-25(14-16-26)23(29)18-8-10-20(11-9-18)27-12-4-3-7-22(27)28/h1-2,5-6,8-11H,3-4,7,12-16H2. The second-order valence-electron chi connectivity index (χ2n) is 7.85. The van der Waals surface area contributed by atoms with E-state index in [9.17, 15) is 23.3 Å². The number of benzene rings is 2. The molecule has 32 heavy (non-hydrogen) atoms. The van der Waals surface area contributed by atoms with Crippen molar-refractivity contribution in [2.45, 2.75) is 24.2 Å². The van der Waals surface area contributed by atoms with E-state index in [0.29, 0.717) is 18.5 Å². The summed E-state index contributed by atoms with van der Waals surface area (Å²) in [6, 6.07) is 15.1. The first-order chi connectivity index (χ1) is 15.4. The highest BCUT2D eigenvalue weighted by molar-refractivity contribution is 7.89. The minimum atomic E-state index is -3.81. The van der Waals surface area contributed by atoms with Crippen LogP contribution in [0.3, 0.4) is 0 Å². The van der Waals surface area contributed by atoms with Gasteiger partial charge >= 0.3 is 0 Å². The number of nitriles is 1. The highest BCUT2D eigenvalue weighted by Gasteiger charge is 2.32. The van der Waals surface area contributed by atoms with Crippen LogP contribution in [0.2, 0.25) is 0 Å². The number of sulfonamides is 1.